The van der Waals surface area contributed by atoms with Gasteiger partial charge in [-0.1, -0.05) is 18.2 Å². The van der Waals surface area contributed by atoms with Crippen LogP contribution < -0.4 is 5.32 Å². The first-order chi connectivity index (χ1) is 14.6. The standard InChI is InChI=1S/C21H22N6OS2/c1-13(29-21-26-25-18(27(21)2)14-7-6-10-23-12-14)19(28)24-20-16(11-22)15-8-4-3-5-9-17(15)30-20/h6-7,10,12-13H,3-5,8-9H2,1-2H3,(H,24,28)/t13-/m1/s1. The normalized spacial score (nSPS) is 14.4. The average Bonchev–Trinajstić information content (AvgIpc) is 3.18. The van der Waals surface area contributed by atoms with E-state index in [1.807, 2.05) is 30.7 Å². The SMILES string of the molecule is C[C@@H](Sc1nnc(-c2cccnc2)n1C)C(=O)Nc1sc2c(c1C#N)CCCCC2. The molecule has 3 aromatic heterocycles. The summed E-state index contributed by atoms with van der Waals surface area (Å²) in [6.07, 6.45) is 8.80. The first kappa shape index (κ1) is 20.6. The lowest BCUT2D eigenvalue weighted by atomic mass is 10.1. The highest BCUT2D eigenvalue weighted by Crippen LogP contribution is 2.37. The van der Waals surface area contributed by atoms with Gasteiger partial charge in [0, 0.05) is 29.9 Å². The van der Waals surface area contributed by atoms with Gasteiger partial charge in [0.15, 0.2) is 11.0 Å². The summed E-state index contributed by atoms with van der Waals surface area (Å²) < 4.78 is 1.86. The smallest absolute Gasteiger partial charge is 0.238 e. The molecule has 0 aliphatic heterocycles. The van der Waals surface area contributed by atoms with Crippen LogP contribution in [0.5, 0.6) is 0 Å². The summed E-state index contributed by atoms with van der Waals surface area (Å²) in [6, 6.07) is 6.08. The van der Waals surface area contributed by atoms with Gasteiger partial charge in [-0.05, 0) is 50.3 Å². The zero-order valence-corrected chi connectivity index (χ0v) is 18.5. The number of nitrogens with one attached hydrogen (secondary N) is 1. The predicted molar refractivity (Wildman–Crippen MR) is 118 cm³/mol. The molecule has 1 atom stereocenters. The van der Waals surface area contributed by atoms with Crippen LogP contribution in [0.2, 0.25) is 0 Å². The van der Waals surface area contributed by atoms with Gasteiger partial charge in [0.05, 0.1) is 10.8 Å². The molecule has 7 nitrogen and oxygen atoms in total. The van der Waals surface area contributed by atoms with E-state index in [0.29, 0.717) is 21.5 Å². The van der Waals surface area contributed by atoms with E-state index in [1.54, 1.807) is 23.7 Å². The highest BCUT2D eigenvalue weighted by atomic mass is 32.2. The number of carbonyl (C=O) groups is 1. The van der Waals surface area contributed by atoms with Crippen molar-refractivity contribution in [3.8, 4) is 17.5 Å². The number of rotatable bonds is 5. The molecule has 30 heavy (non-hydrogen) atoms. The fraction of sp³-hybridized carbons (Fsp3) is 0.381. The number of hydrogen-bond donors (Lipinski definition) is 1. The van der Waals surface area contributed by atoms with Gasteiger partial charge >= 0.3 is 0 Å². The molecule has 0 bridgehead atoms. The van der Waals surface area contributed by atoms with Crippen LogP contribution in [0, 0.1) is 11.3 Å². The third-order valence-corrected chi connectivity index (χ3v) is 7.52. The highest BCUT2D eigenvalue weighted by molar-refractivity contribution is 8.00. The Morgan fingerprint density at radius 3 is 2.93 bits per heavy atom. The summed E-state index contributed by atoms with van der Waals surface area (Å²) >= 11 is 2.90. The minimum atomic E-state index is -0.386. The van der Waals surface area contributed by atoms with E-state index in [1.165, 1.54) is 23.1 Å². The molecule has 1 aliphatic carbocycles. The van der Waals surface area contributed by atoms with Crippen molar-refractivity contribution in [3.05, 3.63) is 40.5 Å². The molecule has 9 heteroatoms. The number of fused-ring (bicyclic) bond motifs is 1. The summed E-state index contributed by atoms with van der Waals surface area (Å²) in [7, 11) is 1.87. The lowest BCUT2D eigenvalue weighted by Gasteiger charge is -2.11. The van der Waals surface area contributed by atoms with Gasteiger partial charge in [-0.25, -0.2) is 0 Å². The Morgan fingerprint density at radius 2 is 2.17 bits per heavy atom. The molecular weight excluding hydrogens is 416 g/mol. The van der Waals surface area contributed by atoms with Crippen LogP contribution in [0.4, 0.5) is 5.00 Å². The largest absolute Gasteiger partial charge is 0.316 e. The van der Waals surface area contributed by atoms with Crippen LogP contribution in [0.1, 0.15) is 42.2 Å². The molecule has 4 rings (SSSR count). The number of amides is 1. The van der Waals surface area contributed by atoms with Crippen molar-refractivity contribution >= 4 is 34.0 Å². The monoisotopic (exact) mass is 438 g/mol. The van der Waals surface area contributed by atoms with Gasteiger partial charge < -0.3 is 9.88 Å². The lowest BCUT2D eigenvalue weighted by molar-refractivity contribution is -0.115. The van der Waals surface area contributed by atoms with Crippen molar-refractivity contribution in [2.75, 3.05) is 5.32 Å². The van der Waals surface area contributed by atoms with Crippen molar-refractivity contribution in [3.63, 3.8) is 0 Å². The number of anilines is 1. The van der Waals surface area contributed by atoms with Gasteiger partial charge in [-0.2, -0.15) is 5.26 Å². The Bertz CT molecular complexity index is 1100. The quantitative estimate of drug-likeness (QED) is 0.474. The Labute approximate surface area is 183 Å². The number of carbonyl (C=O) groups excluding carboxylic acids is 1. The van der Waals surface area contributed by atoms with Crippen molar-refractivity contribution in [2.45, 2.75) is 49.4 Å². The maximum Gasteiger partial charge on any atom is 0.238 e. The number of aryl methyl sites for hydroxylation is 1. The first-order valence-electron chi connectivity index (χ1n) is 9.90. The fourth-order valence-corrected chi connectivity index (χ4v) is 5.60. The lowest BCUT2D eigenvalue weighted by Crippen LogP contribution is -2.22. The minimum absolute atomic E-state index is 0.140. The van der Waals surface area contributed by atoms with Gasteiger partial charge in [0.25, 0.3) is 0 Å². The number of hydrogen-bond acceptors (Lipinski definition) is 7. The van der Waals surface area contributed by atoms with Crippen LogP contribution in [-0.4, -0.2) is 30.9 Å². The molecule has 1 N–H and O–H groups in total. The van der Waals surface area contributed by atoms with E-state index in [2.05, 4.69) is 26.6 Å². The summed E-state index contributed by atoms with van der Waals surface area (Å²) in [6.45, 7) is 1.84. The molecule has 0 fully saturated rings. The number of aromatic nitrogens is 4. The molecule has 154 valence electrons. The second-order valence-electron chi connectivity index (χ2n) is 7.24. The summed E-state index contributed by atoms with van der Waals surface area (Å²) in [4.78, 5) is 18.2. The summed E-state index contributed by atoms with van der Waals surface area (Å²) in [5.74, 6) is 0.561. The minimum Gasteiger partial charge on any atom is -0.316 e. The second kappa shape index (κ2) is 8.98. The third kappa shape index (κ3) is 4.11. The molecule has 0 saturated carbocycles. The fourth-order valence-electron chi connectivity index (χ4n) is 3.54. The topological polar surface area (TPSA) is 96.5 Å². The van der Waals surface area contributed by atoms with E-state index >= 15 is 0 Å². The van der Waals surface area contributed by atoms with Gasteiger partial charge in [0.1, 0.15) is 11.1 Å². The maximum absolute atomic E-state index is 12.9. The van der Waals surface area contributed by atoms with Crippen LogP contribution in [-0.2, 0) is 24.7 Å². The van der Waals surface area contributed by atoms with E-state index in [4.69, 9.17) is 0 Å². The molecule has 3 heterocycles. The zero-order chi connectivity index (χ0) is 21.1. The molecule has 1 aliphatic rings. The van der Waals surface area contributed by atoms with Crippen molar-refractivity contribution in [1.82, 2.24) is 19.7 Å². The maximum atomic E-state index is 12.9. The number of pyridine rings is 1. The molecular formula is C21H22N6OS2. The highest BCUT2D eigenvalue weighted by Gasteiger charge is 2.24. The molecule has 0 unspecified atom stereocenters. The Kier molecular flexibility index (Phi) is 6.16. The van der Waals surface area contributed by atoms with Crippen molar-refractivity contribution in [1.29, 1.82) is 5.26 Å². The zero-order valence-electron chi connectivity index (χ0n) is 16.9. The summed E-state index contributed by atoms with van der Waals surface area (Å²) in [5, 5.41) is 22.1. The molecule has 0 radical (unpaired) electrons. The van der Waals surface area contributed by atoms with Crippen LogP contribution in [0.25, 0.3) is 11.4 Å². The van der Waals surface area contributed by atoms with Crippen LogP contribution in [0.3, 0.4) is 0 Å². The Hall–Kier alpha value is -2.70. The number of thioether (sulfide) groups is 1. The van der Waals surface area contributed by atoms with Crippen molar-refractivity contribution < 1.29 is 4.79 Å². The van der Waals surface area contributed by atoms with E-state index in [0.717, 1.165) is 36.8 Å². The van der Waals surface area contributed by atoms with E-state index in [9.17, 15) is 10.1 Å². The summed E-state index contributed by atoms with van der Waals surface area (Å²) in [5.41, 5.74) is 2.64. The van der Waals surface area contributed by atoms with Crippen molar-refractivity contribution in [2.24, 2.45) is 7.05 Å². The molecule has 0 aromatic carbocycles. The Balaban J connectivity index is 1.48. The predicted octanol–water partition coefficient (Wildman–Crippen LogP) is 4.20. The Morgan fingerprint density at radius 1 is 1.33 bits per heavy atom. The number of nitriles is 1. The van der Waals surface area contributed by atoms with Gasteiger partial charge in [-0.3, -0.25) is 9.78 Å². The second-order valence-corrected chi connectivity index (χ2v) is 9.65. The number of nitrogens with zero attached hydrogens (tertiary/aromatic N) is 5. The van der Waals surface area contributed by atoms with E-state index in [-0.39, 0.29) is 11.2 Å². The molecule has 0 saturated heterocycles. The van der Waals surface area contributed by atoms with Crippen LogP contribution >= 0.6 is 23.1 Å². The molecule has 3 aromatic rings. The first-order valence-corrected chi connectivity index (χ1v) is 11.6. The molecule has 1 amide bonds. The average molecular weight is 439 g/mol. The molecule has 0 spiro atoms. The van der Waals surface area contributed by atoms with Gasteiger partial charge in [-0.15, -0.1) is 21.5 Å². The third-order valence-electron chi connectivity index (χ3n) is 5.18. The van der Waals surface area contributed by atoms with Crippen LogP contribution in [0.15, 0.2) is 29.7 Å². The van der Waals surface area contributed by atoms with E-state index < -0.39 is 0 Å². The number of thiophene rings is 1. The van der Waals surface area contributed by atoms with Gasteiger partial charge in [0.2, 0.25) is 5.91 Å².